The minimum absolute atomic E-state index is 0.0297. The molecule has 0 fully saturated rings. The molecular weight excluding hydrogens is 341 g/mol. The van der Waals surface area contributed by atoms with Crippen LogP contribution in [-0.2, 0) is 9.53 Å². The van der Waals surface area contributed by atoms with E-state index in [1.165, 1.54) is 19.1 Å². The minimum Gasteiger partial charge on any atom is -0.406 e. The third-order valence-electron chi connectivity index (χ3n) is 3.20. The number of halogens is 5. The number of benzene rings is 1. The molecule has 1 aromatic carbocycles. The van der Waals surface area contributed by atoms with Crippen molar-refractivity contribution in [3.63, 3.8) is 0 Å². The number of carbonyl (C=O) groups is 1. The van der Waals surface area contributed by atoms with Crippen LogP contribution < -0.4 is 10.5 Å². The lowest BCUT2D eigenvalue weighted by Gasteiger charge is -2.27. The number of hydrogen-bond acceptors (Lipinski definition) is 4. The summed E-state index contributed by atoms with van der Waals surface area (Å²) in [5.74, 6) is -4.14. The van der Waals surface area contributed by atoms with Gasteiger partial charge in [0, 0.05) is 5.92 Å². The normalized spacial score (nSPS) is 15.8. The second kappa shape index (κ2) is 8.25. The van der Waals surface area contributed by atoms with E-state index in [2.05, 4.69) is 9.47 Å². The highest BCUT2D eigenvalue weighted by molar-refractivity contribution is 5.78. The van der Waals surface area contributed by atoms with Crippen LogP contribution in [0.15, 0.2) is 24.3 Å². The molecule has 0 saturated heterocycles. The third-order valence-corrected chi connectivity index (χ3v) is 3.20. The maximum absolute atomic E-state index is 12.3. The molecule has 3 atom stereocenters. The van der Waals surface area contributed by atoms with Gasteiger partial charge in [0.25, 0.3) is 0 Å². The summed E-state index contributed by atoms with van der Waals surface area (Å²) in [6.45, 7) is -2.68. The van der Waals surface area contributed by atoms with Gasteiger partial charge in [-0.1, -0.05) is 12.1 Å². The Morgan fingerprint density at radius 2 is 1.96 bits per heavy atom. The lowest BCUT2D eigenvalue weighted by molar-refractivity contribution is -0.274. The molecule has 10 heteroatoms. The zero-order valence-electron chi connectivity index (χ0n) is 12.5. The van der Waals surface area contributed by atoms with Gasteiger partial charge in [-0.3, -0.25) is 4.79 Å². The van der Waals surface area contributed by atoms with Crippen molar-refractivity contribution in [2.75, 3.05) is 6.61 Å². The van der Waals surface area contributed by atoms with Gasteiger partial charge < -0.3 is 20.3 Å². The maximum Gasteiger partial charge on any atom is 0.573 e. The highest BCUT2D eigenvalue weighted by Crippen LogP contribution is 2.32. The molecular formula is C14H16F5NO4. The Hall–Kier alpha value is -1.94. The average molecular weight is 357 g/mol. The fraction of sp³-hybridized carbons (Fsp3) is 0.500. The van der Waals surface area contributed by atoms with Gasteiger partial charge in [-0.05, 0) is 24.6 Å². The van der Waals surface area contributed by atoms with Crippen LogP contribution in [0.2, 0.25) is 0 Å². The van der Waals surface area contributed by atoms with Gasteiger partial charge in [0.1, 0.15) is 5.75 Å². The number of ether oxygens (including phenoxy) is 2. The van der Waals surface area contributed by atoms with E-state index in [0.717, 1.165) is 12.1 Å². The van der Waals surface area contributed by atoms with Crippen molar-refractivity contribution in [3.8, 4) is 5.75 Å². The van der Waals surface area contributed by atoms with Crippen molar-refractivity contribution in [2.45, 2.75) is 31.9 Å². The maximum atomic E-state index is 12.3. The molecule has 5 nitrogen and oxygen atoms in total. The summed E-state index contributed by atoms with van der Waals surface area (Å²) in [6.07, 6.45) is -6.28. The third kappa shape index (κ3) is 6.28. The van der Waals surface area contributed by atoms with Crippen molar-refractivity contribution in [3.05, 3.63) is 29.8 Å². The number of alkyl halides is 5. The van der Waals surface area contributed by atoms with E-state index in [-0.39, 0.29) is 5.56 Å². The highest BCUT2D eigenvalue weighted by atomic mass is 19.4. The summed E-state index contributed by atoms with van der Waals surface area (Å²) >= 11 is 0. The Labute approximate surface area is 134 Å². The molecule has 1 amide bonds. The Bertz CT molecular complexity index is 550. The predicted molar refractivity (Wildman–Crippen MR) is 72.2 cm³/mol. The van der Waals surface area contributed by atoms with Gasteiger partial charge in [0.15, 0.2) is 0 Å². The molecule has 0 spiro atoms. The first kappa shape index (κ1) is 20.1. The molecule has 0 radical (unpaired) electrons. The Kier molecular flexibility index (Phi) is 6.91. The number of rotatable bonds is 8. The van der Waals surface area contributed by atoms with Gasteiger partial charge in [0.2, 0.25) is 5.91 Å². The molecule has 0 saturated carbocycles. The SMILES string of the molecule is CC(O)C(C(N)=O)[C@@H](COC(F)F)c1cccc(OC(F)(F)F)c1. The Balaban J connectivity index is 3.18. The predicted octanol–water partition coefficient (Wildman–Crippen LogP) is 2.39. The fourth-order valence-corrected chi connectivity index (χ4v) is 2.30. The zero-order valence-corrected chi connectivity index (χ0v) is 12.5. The number of aliphatic hydroxyl groups is 1. The Morgan fingerprint density at radius 1 is 1.33 bits per heavy atom. The van der Waals surface area contributed by atoms with Gasteiger partial charge in [-0.25, -0.2) is 0 Å². The average Bonchev–Trinajstić information content (AvgIpc) is 2.40. The molecule has 0 aliphatic heterocycles. The summed E-state index contributed by atoms with van der Waals surface area (Å²) in [5, 5.41) is 9.68. The van der Waals surface area contributed by atoms with Crippen LogP contribution in [-0.4, -0.2) is 36.7 Å². The number of nitrogens with two attached hydrogens (primary N) is 1. The number of primary amides is 1. The van der Waals surface area contributed by atoms with Crippen LogP contribution in [0.3, 0.4) is 0 Å². The number of carbonyl (C=O) groups excluding carboxylic acids is 1. The van der Waals surface area contributed by atoms with Gasteiger partial charge in [0.05, 0.1) is 18.6 Å². The van der Waals surface area contributed by atoms with Crippen LogP contribution in [0.4, 0.5) is 22.0 Å². The van der Waals surface area contributed by atoms with Crippen molar-refractivity contribution < 1.29 is 41.3 Å². The summed E-state index contributed by atoms with van der Waals surface area (Å²) in [4.78, 5) is 11.5. The second-order valence-corrected chi connectivity index (χ2v) is 4.99. The molecule has 24 heavy (non-hydrogen) atoms. The molecule has 1 aromatic rings. The monoisotopic (exact) mass is 357 g/mol. The Morgan fingerprint density at radius 3 is 2.42 bits per heavy atom. The van der Waals surface area contributed by atoms with Crippen molar-refractivity contribution >= 4 is 5.91 Å². The van der Waals surface area contributed by atoms with Gasteiger partial charge in [-0.2, -0.15) is 8.78 Å². The fourth-order valence-electron chi connectivity index (χ4n) is 2.30. The van der Waals surface area contributed by atoms with E-state index in [9.17, 15) is 31.9 Å². The lowest BCUT2D eigenvalue weighted by Crippen LogP contribution is -2.38. The first-order valence-corrected chi connectivity index (χ1v) is 6.74. The van der Waals surface area contributed by atoms with Gasteiger partial charge in [-0.15, -0.1) is 13.2 Å². The highest BCUT2D eigenvalue weighted by Gasteiger charge is 2.34. The van der Waals surface area contributed by atoms with Crippen LogP contribution >= 0.6 is 0 Å². The summed E-state index contributed by atoms with van der Waals surface area (Å²) in [5.41, 5.74) is 5.20. The van der Waals surface area contributed by atoms with Crippen LogP contribution in [0.25, 0.3) is 0 Å². The van der Waals surface area contributed by atoms with Crippen LogP contribution in [0.1, 0.15) is 18.4 Å². The van der Waals surface area contributed by atoms with E-state index in [1.807, 2.05) is 0 Å². The number of amides is 1. The molecule has 136 valence electrons. The largest absolute Gasteiger partial charge is 0.573 e. The molecule has 0 aliphatic rings. The molecule has 3 N–H and O–H groups in total. The summed E-state index contributed by atoms with van der Waals surface area (Å²) in [7, 11) is 0. The zero-order chi connectivity index (χ0) is 18.5. The minimum atomic E-state index is -4.94. The smallest absolute Gasteiger partial charge is 0.406 e. The molecule has 2 unspecified atom stereocenters. The molecule has 0 aromatic heterocycles. The quantitative estimate of drug-likeness (QED) is 0.700. The summed E-state index contributed by atoms with van der Waals surface area (Å²) in [6, 6.07) is 4.40. The van der Waals surface area contributed by atoms with E-state index >= 15 is 0 Å². The molecule has 0 bridgehead atoms. The van der Waals surface area contributed by atoms with Gasteiger partial charge >= 0.3 is 13.0 Å². The van der Waals surface area contributed by atoms with Crippen LogP contribution in [0, 0.1) is 5.92 Å². The first-order valence-electron chi connectivity index (χ1n) is 6.74. The summed E-state index contributed by atoms with van der Waals surface area (Å²) < 4.78 is 69.4. The molecule has 0 heterocycles. The van der Waals surface area contributed by atoms with Crippen molar-refractivity contribution in [1.29, 1.82) is 0 Å². The lowest BCUT2D eigenvalue weighted by atomic mass is 9.82. The van der Waals surface area contributed by atoms with E-state index in [0.29, 0.717) is 0 Å². The first-order chi connectivity index (χ1) is 11.0. The van der Waals surface area contributed by atoms with E-state index < -0.39 is 49.2 Å². The van der Waals surface area contributed by atoms with Crippen molar-refractivity contribution in [1.82, 2.24) is 0 Å². The van der Waals surface area contributed by atoms with Crippen molar-refractivity contribution in [2.24, 2.45) is 11.7 Å². The van der Waals surface area contributed by atoms with E-state index in [4.69, 9.17) is 5.73 Å². The number of aliphatic hydroxyl groups excluding tert-OH is 1. The molecule has 0 aliphatic carbocycles. The van der Waals surface area contributed by atoms with E-state index in [1.54, 1.807) is 0 Å². The second-order valence-electron chi connectivity index (χ2n) is 4.99. The topological polar surface area (TPSA) is 81.8 Å². The number of hydrogen-bond donors (Lipinski definition) is 2. The standard InChI is InChI=1S/C14H16F5NO4/c1-7(21)11(12(20)22)10(6-23-13(15)16)8-3-2-4-9(5-8)24-14(17,18)19/h2-5,7,10-11,13,21H,6H2,1H3,(H2,20,22)/t7?,10-,11?/m0/s1. The molecule has 1 rings (SSSR count). The van der Waals surface area contributed by atoms with Crippen LogP contribution in [0.5, 0.6) is 5.75 Å².